The van der Waals surface area contributed by atoms with Crippen LogP contribution in [0.25, 0.3) is 11.5 Å². The lowest BCUT2D eigenvalue weighted by molar-refractivity contribution is -0.123. The molecule has 2 aromatic heterocycles. The van der Waals surface area contributed by atoms with Crippen LogP contribution >= 0.6 is 0 Å². The largest absolute Gasteiger partial charge is 0.361 e. The number of rotatable bonds is 5. The summed E-state index contributed by atoms with van der Waals surface area (Å²) in [6, 6.07) is 11.6. The van der Waals surface area contributed by atoms with Crippen molar-refractivity contribution in [2.24, 2.45) is 0 Å². The Morgan fingerprint density at radius 3 is 2.67 bits per heavy atom. The first-order valence-corrected chi connectivity index (χ1v) is 7.77. The van der Waals surface area contributed by atoms with Crippen LogP contribution in [0.15, 0.2) is 45.4 Å². The van der Waals surface area contributed by atoms with Gasteiger partial charge in [0.25, 0.3) is 0 Å². The van der Waals surface area contributed by atoms with Crippen molar-refractivity contribution in [3.05, 3.63) is 53.6 Å². The minimum atomic E-state index is -0.409. The topological polar surface area (TPSA) is 94.1 Å². The molecule has 4 rings (SSSR count). The molecule has 2 heterocycles. The number of aryl methyl sites for hydroxylation is 1. The SMILES string of the molecule is Cc1cc(-c2noc(CNC(=O)C3(c4ccccc4)CC3)n2)no1. The Hall–Kier alpha value is -2.96. The Balaban J connectivity index is 1.42. The van der Waals surface area contributed by atoms with Crippen molar-refractivity contribution in [2.45, 2.75) is 31.7 Å². The van der Waals surface area contributed by atoms with E-state index in [9.17, 15) is 4.79 Å². The van der Waals surface area contributed by atoms with Crippen LogP contribution in [-0.4, -0.2) is 21.2 Å². The number of hydrogen-bond acceptors (Lipinski definition) is 6. The highest BCUT2D eigenvalue weighted by atomic mass is 16.5. The zero-order valence-corrected chi connectivity index (χ0v) is 13.2. The highest BCUT2D eigenvalue weighted by Crippen LogP contribution is 2.48. The van der Waals surface area contributed by atoms with Gasteiger partial charge in [0.05, 0.1) is 12.0 Å². The van der Waals surface area contributed by atoms with E-state index >= 15 is 0 Å². The molecule has 0 bridgehead atoms. The second-order valence-electron chi connectivity index (χ2n) is 5.97. The number of carbonyl (C=O) groups excluding carboxylic acids is 1. The molecule has 7 nitrogen and oxygen atoms in total. The Kier molecular flexibility index (Phi) is 3.41. The fraction of sp³-hybridized carbons (Fsp3) is 0.294. The molecule has 0 unspecified atom stereocenters. The summed E-state index contributed by atoms with van der Waals surface area (Å²) in [6.45, 7) is 1.98. The minimum Gasteiger partial charge on any atom is -0.361 e. The predicted octanol–water partition coefficient (Wildman–Crippen LogP) is 2.38. The zero-order valence-electron chi connectivity index (χ0n) is 13.2. The van der Waals surface area contributed by atoms with E-state index in [-0.39, 0.29) is 12.5 Å². The lowest BCUT2D eigenvalue weighted by Crippen LogP contribution is -2.34. The molecule has 122 valence electrons. The van der Waals surface area contributed by atoms with Gasteiger partial charge in [-0.15, -0.1) is 0 Å². The molecule has 0 aliphatic heterocycles. The molecule has 1 fully saturated rings. The van der Waals surface area contributed by atoms with E-state index < -0.39 is 5.41 Å². The van der Waals surface area contributed by atoms with E-state index in [1.54, 1.807) is 13.0 Å². The van der Waals surface area contributed by atoms with Gasteiger partial charge in [0.2, 0.25) is 17.6 Å². The quantitative estimate of drug-likeness (QED) is 0.774. The maximum absolute atomic E-state index is 12.6. The predicted molar refractivity (Wildman–Crippen MR) is 83.7 cm³/mol. The van der Waals surface area contributed by atoms with Crippen LogP contribution in [0, 0.1) is 6.92 Å². The van der Waals surface area contributed by atoms with Crippen molar-refractivity contribution < 1.29 is 13.8 Å². The van der Waals surface area contributed by atoms with E-state index in [1.807, 2.05) is 30.3 Å². The maximum atomic E-state index is 12.6. The number of carbonyl (C=O) groups is 1. The first kappa shape index (κ1) is 14.6. The van der Waals surface area contributed by atoms with Gasteiger partial charge in [0.15, 0.2) is 5.69 Å². The Bertz CT molecular complexity index is 865. The highest BCUT2D eigenvalue weighted by Gasteiger charge is 2.51. The Morgan fingerprint density at radius 2 is 2.00 bits per heavy atom. The van der Waals surface area contributed by atoms with Gasteiger partial charge in [-0.25, -0.2) is 0 Å². The van der Waals surface area contributed by atoms with Gasteiger partial charge >= 0.3 is 0 Å². The summed E-state index contributed by atoms with van der Waals surface area (Å²) in [7, 11) is 0. The average molecular weight is 324 g/mol. The summed E-state index contributed by atoms with van der Waals surface area (Å²) in [6.07, 6.45) is 1.71. The van der Waals surface area contributed by atoms with Crippen molar-refractivity contribution >= 4 is 5.91 Å². The van der Waals surface area contributed by atoms with Crippen LogP contribution in [0.4, 0.5) is 0 Å². The average Bonchev–Trinajstić information content (AvgIpc) is 3.09. The molecule has 0 spiro atoms. The van der Waals surface area contributed by atoms with Crippen LogP contribution < -0.4 is 5.32 Å². The smallest absolute Gasteiger partial charge is 0.246 e. The van der Waals surface area contributed by atoms with Crippen molar-refractivity contribution in [3.8, 4) is 11.5 Å². The molecular weight excluding hydrogens is 308 g/mol. The minimum absolute atomic E-state index is 0.00858. The van der Waals surface area contributed by atoms with E-state index in [2.05, 4.69) is 20.6 Å². The standard InChI is InChI=1S/C17H16N4O3/c1-11-9-13(20-23-11)15-19-14(24-21-15)10-18-16(22)17(7-8-17)12-5-3-2-4-6-12/h2-6,9H,7-8,10H2,1H3,(H,18,22). The third-order valence-corrected chi connectivity index (χ3v) is 4.24. The zero-order chi connectivity index (χ0) is 16.6. The molecule has 0 atom stereocenters. The van der Waals surface area contributed by atoms with Gasteiger partial charge in [-0.3, -0.25) is 4.79 Å². The van der Waals surface area contributed by atoms with Crippen LogP contribution in [0.5, 0.6) is 0 Å². The van der Waals surface area contributed by atoms with Gasteiger partial charge in [0, 0.05) is 6.07 Å². The second kappa shape index (κ2) is 5.59. The fourth-order valence-electron chi connectivity index (χ4n) is 2.76. The number of aromatic nitrogens is 3. The Morgan fingerprint density at radius 1 is 1.21 bits per heavy atom. The molecule has 3 aromatic rings. The summed E-state index contributed by atoms with van der Waals surface area (Å²) in [5.41, 5.74) is 1.15. The normalized spacial score (nSPS) is 15.2. The summed E-state index contributed by atoms with van der Waals surface area (Å²) in [5, 5.41) is 10.6. The van der Waals surface area contributed by atoms with E-state index in [0.717, 1.165) is 18.4 Å². The first-order chi connectivity index (χ1) is 11.7. The van der Waals surface area contributed by atoms with Gasteiger partial charge in [0.1, 0.15) is 5.76 Å². The van der Waals surface area contributed by atoms with E-state index in [4.69, 9.17) is 9.05 Å². The summed E-state index contributed by atoms with van der Waals surface area (Å²) in [4.78, 5) is 16.8. The summed E-state index contributed by atoms with van der Waals surface area (Å²) in [5.74, 6) is 1.34. The number of hydrogen-bond donors (Lipinski definition) is 1. The Labute approximate surface area is 138 Å². The summed E-state index contributed by atoms with van der Waals surface area (Å²) >= 11 is 0. The van der Waals surface area contributed by atoms with Crippen LogP contribution in [0.1, 0.15) is 30.1 Å². The van der Waals surface area contributed by atoms with E-state index in [0.29, 0.717) is 23.2 Å². The second-order valence-corrected chi connectivity index (χ2v) is 5.97. The van der Waals surface area contributed by atoms with Crippen molar-refractivity contribution in [2.75, 3.05) is 0 Å². The monoisotopic (exact) mass is 324 g/mol. The molecule has 1 aliphatic carbocycles. The first-order valence-electron chi connectivity index (χ1n) is 7.77. The van der Waals surface area contributed by atoms with Crippen LogP contribution in [0.2, 0.25) is 0 Å². The van der Waals surface area contributed by atoms with Gasteiger partial charge in [-0.2, -0.15) is 4.98 Å². The molecule has 7 heteroatoms. The number of nitrogens with one attached hydrogen (secondary N) is 1. The summed E-state index contributed by atoms with van der Waals surface area (Å²) < 4.78 is 10.1. The van der Waals surface area contributed by atoms with Crippen molar-refractivity contribution in [1.29, 1.82) is 0 Å². The van der Waals surface area contributed by atoms with Crippen molar-refractivity contribution in [3.63, 3.8) is 0 Å². The van der Waals surface area contributed by atoms with Gasteiger partial charge < -0.3 is 14.4 Å². The third-order valence-electron chi connectivity index (χ3n) is 4.24. The van der Waals surface area contributed by atoms with Gasteiger partial charge in [-0.1, -0.05) is 40.6 Å². The number of benzene rings is 1. The van der Waals surface area contributed by atoms with Crippen molar-refractivity contribution in [1.82, 2.24) is 20.6 Å². The van der Waals surface area contributed by atoms with Crippen LogP contribution in [0.3, 0.4) is 0 Å². The molecule has 0 saturated heterocycles. The highest BCUT2D eigenvalue weighted by molar-refractivity contribution is 5.91. The van der Waals surface area contributed by atoms with Gasteiger partial charge in [-0.05, 0) is 25.3 Å². The van der Waals surface area contributed by atoms with E-state index in [1.165, 1.54) is 0 Å². The lowest BCUT2D eigenvalue weighted by Gasteiger charge is -2.14. The number of amides is 1. The molecule has 24 heavy (non-hydrogen) atoms. The molecule has 1 saturated carbocycles. The van der Waals surface area contributed by atoms with Crippen LogP contribution in [-0.2, 0) is 16.8 Å². The fourth-order valence-corrected chi connectivity index (χ4v) is 2.76. The molecule has 1 N–H and O–H groups in total. The molecule has 1 aromatic carbocycles. The molecule has 1 aliphatic rings. The number of nitrogens with zero attached hydrogens (tertiary/aromatic N) is 3. The molecule has 0 radical (unpaired) electrons. The third kappa shape index (κ3) is 2.58. The molecular formula is C17H16N4O3. The molecule has 1 amide bonds. The maximum Gasteiger partial charge on any atom is 0.246 e. The lowest BCUT2D eigenvalue weighted by atomic mass is 9.95.